The molecule has 0 spiro atoms. The maximum Gasteiger partial charge on any atom is 0.217 e. The summed E-state index contributed by atoms with van der Waals surface area (Å²) in [7, 11) is 0. The topological polar surface area (TPSA) is 53.6 Å². The van der Waals surface area contributed by atoms with Crippen molar-refractivity contribution in [2.24, 2.45) is 0 Å². The van der Waals surface area contributed by atoms with E-state index in [1.54, 1.807) is 12.3 Å². The third-order valence-electron chi connectivity index (χ3n) is 2.98. The molecule has 1 N–H and O–H groups in total. The molecule has 0 aliphatic carbocycles. The first-order chi connectivity index (χ1) is 9.17. The number of benzene rings is 1. The molecule has 19 heavy (non-hydrogen) atoms. The van der Waals surface area contributed by atoms with Gasteiger partial charge in [-0.25, -0.2) is 9.37 Å². The first-order valence-corrected chi connectivity index (χ1v) is 6.14. The molecule has 0 amide bonds. The molecule has 1 aromatic carbocycles. The van der Waals surface area contributed by atoms with Gasteiger partial charge in [0.2, 0.25) is 5.82 Å². The second kappa shape index (κ2) is 5.63. The first kappa shape index (κ1) is 13.2. The Labute approximate surface area is 111 Å². The van der Waals surface area contributed by atoms with Crippen LogP contribution in [0, 0.1) is 17.1 Å². The Morgan fingerprint density at radius 3 is 2.95 bits per heavy atom. The summed E-state index contributed by atoms with van der Waals surface area (Å²) in [6.07, 6.45) is 3.05. The van der Waals surface area contributed by atoms with E-state index >= 15 is 0 Å². The minimum atomic E-state index is -0.364. The summed E-state index contributed by atoms with van der Waals surface area (Å²) >= 11 is 0. The zero-order valence-electron chi connectivity index (χ0n) is 10.9. The molecule has 2 rings (SSSR count). The van der Waals surface area contributed by atoms with Crippen molar-refractivity contribution in [3.8, 4) is 11.8 Å². The van der Waals surface area contributed by atoms with Crippen molar-refractivity contribution in [1.82, 2.24) is 14.9 Å². The summed E-state index contributed by atoms with van der Waals surface area (Å²) in [5.74, 6) is -0.192. The Morgan fingerprint density at radius 2 is 2.32 bits per heavy atom. The Morgan fingerprint density at radius 1 is 1.53 bits per heavy atom. The predicted molar refractivity (Wildman–Crippen MR) is 70.3 cm³/mol. The van der Waals surface area contributed by atoms with Gasteiger partial charge < -0.3 is 5.32 Å². The van der Waals surface area contributed by atoms with E-state index in [0.29, 0.717) is 5.69 Å². The number of rotatable bonds is 4. The van der Waals surface area contributed by atoms with E-state index in [1.807, 2.05) is 26.0 Å². The fraction of sp³-hybridized carbons (Fsp3) is 0.286. The number of hydrogen-bond donors (Lipinski definition) is 1. The Hall–Kier alpha value is -2.19. The van der Waals surface area contributed by atoms with Crippen LogP contribution in [0.5, 0.6) is 0 Å². The number of nitrogens with zero attached hydrogens (tertiary/aromatic N) is 3. The number of imidazole rings is 1. The Bertz CT molecular complexity index is 612. The molecule has 2 aromatic rings. The van der Waals surface area contributed by atoms with Gasteiger partial charge in [0.15, 0.2) is 0 Å². The average molecular weight is 258 g/mol. The maximum atomic E-state index is 14.1. The highest BCUT2D eigenvalue weighted by molar-refractivity contribution is 5.40. The summed E-state index contributed by atoms with van der Waals surface area (Å²) in [4.78, 5) is 3.86. The van der Waals surface area contributed by atoms with Crippen LogP contribution in [-0.2, 0) is 0 Å². The molecule has 0 saturated carbocycles. The van der Waals surface area contributed by atoms with Gasteiger partial charge in [-0.3, -0.25) is 4.57 Å². The number of hydrogen-bond acceptors (Lipinski definition) is 3. The summed E-state index contributed by atoms with van der Waals surface area (Å²) in [6, 6.07) is 7.03. The standard InChI is InChI=1S/C14H15FN4/c1-3-17-10(2)11-4-5-13(12(15)8-11)19-7-6-18-14(19)9-16/h4-8,10,17H,3H2,1-2H3. The van der Waals surface area contributed by atoms with Crippen LogP contribution in [0.25, 0.3) is 5.69 Å². The molecule has 4 nitrogen and oxygen atoms in total. The van der Waals surface area contributed by atoms with Crippen molar-refractivity contribution in [3.63, 3.8) is 0 Å². The lowest BCUT2D eigenvalue weighted by Gasteiger charge is -2.14. The molecule has 1 heterocycles. The molecule has 0 saturated heterocycles. The molecule has 0 bridgehead atoms. The van der Waals surface area contributed by atoms with Gasteiger partial charge in [-0.05, 0) is 31.2 Å². The SMILES string of the molecule is CCNC(C)c1ccc(-n2ccnc2C#N)c(F)c1. The minimum absolute atomic E-state index is 0.0896. The molecule has 0 aliphatic rings. The molecule has 98 valence electrons. The van der Waals surface area contributed by atoms with Gasteiger partial charge >= 0.3 is 0 Å². The van der Waals surface area contributed by atoms with E-state index in [1.165, 1.54) is 16.8 Å². The second-order valence-corrected chi connectivity index (χ2v) is 4.22. The Kier molecular flexibility index (Phi) is 3.93. The van der Waals surface area contributed by atoms with Crippen LogP contribution in [-0.4, -0.2) is 16.1 Å². The van der Waals surface area contributed by atoms with E-state index in [0.717, 1.165) is 12.1 Å². The highest BCUT2D eigenvalue weighted by atomic mass is 19.1. The molecular weight excluding hydrogens is 243 g/mol. The van der Waals surface area contributed by atoms with Crippen LogP contribution in [0.4, 0.5) is 4.39 Å². The fourth-order valence-corrected chi connectivity index (χ4v) is 1.99. The van der Waals surface area contributed by atoms with Crippen LogP contribution in [0.1, 0.15) is 31.3 Å². The Balaban J connectivity index is 2.38. The van der Waals surface area contributed by atoms with Crippen LogP contribution in [0.15, 0.2) is 30.6 Å². The third kappa shape index (κ3) is 2.64. The highest BCUT2D eigenvalue weighted by Crippen LogP contribution is 2.20. The predicted octanol–water partition coefficient (Wildman–Crippen LogP) is 2.55. The lowest BCUT2D eigenvalue weighted by atomic mass is 10.1. The van der Waals surface area contributed by atoms with Gasteiger partial charge in [0.05, 0.1) is 5.69 Å². The highest BCUT2D eigenvalue weighted by Gasteiger charge is 2.12. The zero-order chi connectivity index (χ0) is 13.8. The number of nitrogens with one attached hydrogen (secondary N) is 1. The zero-order valence-corrected chi connectivity index (χ0v) is 10.9. The summed E-state index contributed by atoms with van der Waals surface area (Å²) in [5, 5.41) is 12.1. The summed E-state index contributed by atoms with van der Waals surface area (Å²) in [5.41, 5.74) is 1.21. The van der Waals surface area contributed by atoms with Crippen molar-refractivity contribution in [2.75, 3.05) is 6.54 Å². The molecule has 1 aromatic heterocycles. The lowest BCUT2D eigenvalue weighted by molar-refractivity contribution is 0.580. The molecule has 0 aliphatic heterocycles. The quantitative estimate of drug-likeness (QED) is 0.917. The molecule has 1 unspecified atom stereocenters. The van der Waals surface area contributed by atoms with Crippen molar-refractivity contribution in [3.05, 3.63) is 47.8 Å². The second-order valence-electron chi connectivity index (χ2n) is 4.22. The van der Waals surface area contributed by atoms with Gasteiger partial charge in [-0.15, -0.1) is 0 Å². The largest absolute Gasteiger partial charge is 0.310 e. The molecule has 0 radical (unpaired) electrons. The smallest absolute Gasteiger partial charge is 0.217 e. The molecule has 0 fully saturated rings. The lowest BCUT2D eigenvalue weighted by Crippen LogP contribution is -2.18. The summed E-state index contributed by atoms with van der Waals surface area (Å²) in [6.45, 7) is 4.81. The minimum Gasteiger partial charge on any atom is -0.310 e. The molecule has 1 atom stereocenters. The fourth-order valence-electron chi connectivity index (χ4n) is 1.99. The maximum absolute atomic E-state index is 14.1. The van der Waals surface area contributed by atoms with Crippen molar-refractivity contribution in [2.45, 2.75) is 19.9 Å². The van der Waals surface area contributed by atoms with E-state index in [9.17, 15) is 4.39 Å². The van der Waals surface area contributed by atoms with Crippen LogP contribution < -0.4 is 5.32 Å². The monoisotopic (exact) mass is 258 g/mol. The van der Waals surface area contributed by atoms with Crippen LogP contribution in [0.3, 0.4) is 0 Å². The van der Waals surface area contributed by atoms with Gasteiger partial charge in [0, 0.05) is 18.4 Å². The van der Waals surface area contributed by atoms with Crippen LogP contribution >= 0.6 is 0 Å². The number of aromatic nitrogens is 2. The number of halogens is 1. The van der Waals surface area contributed by atoms with Gasteiger partial charge in [0.1, 0.15) is 11.9 Å². The van der Waals surface area contributed by atoms with E-state index in [-0.39, 0.29) is 17.7 Å². The number of nitriles is 1. The molecular formula is C14H15FN4. The van der Waals surface area contributed by atoms with E-state index in [2.05, 4.69) is 10.3 Å². The van der Waals surface area contributed by atoms with Gasteiger partial charge in [0.25, 0.3) is 0 Å². The summed E-state index contributed by atoms with van der Waals surface area (Å²) < 4.78 is 15.6. The van der Waals surface area contributed by atoms with Crippen molar-refractivity contribution < 1.29 is 4.39 Å². The molecule has 5 heteroatoms. The van der Waals surface area contributed by atoms with Crippen molar-refractivity contribution in [1.29, 1.82) is 5.26 Å². The third-order valence-corrected chi connectivity index (χ3v) is 2.98. The van der Waals surface area contributed by atoms with Gasteiger partial charge in [-0.1, -0.05) is 13.0 Å². The first-order valence-electron chi connectivity index (χ1n) is 6.14. The average Bonchev–Trinajstić information content (AvgIpc) is 2.87. The van der Waals surface area contributed by atoms with E-state index < -0.39 is 0 Å². The normalized spacial score (nSPS) is 12.1. The van der Waals surface area contributed by atoms with E-state index in [4.69, 9.17) is 5.26 Å². The van der Waals surface area contributed by atoms with Gasteiger partial charge in [-0.2, -0.15) is 5.26 Å². The van der Waals surface area contributed by atoms with Crippen molar-refractivity contribution >= 4 is 0 Å². The van der Waals surface area contributed by atoms with Crippen LogP contribution in [0.2, 0.25) is 0 Å².